The standard InChI is InChI=1S/C18H26FN3O5S/c1-18(2,10-23)5-6-20-12-4-3-11-7-14(24)17(16(19)13(11)8-12)22-9-15(25)21-28(22,26)27/h7,12,20,23-24H,3-6,8-10H2,1-2H3,(H,21,25)/t12-/m1/s1. The van der Waals surface area contributed by atoms with Crippen LogP contribution in [0.1, 0.15) is 37.8 Å². The molecule has 1 aliphatic carbocycles. The van der Waals surface area contributed by atoms with Gasteiger partial charge in [0.15, 0.2) is 5.82 Å². The van der Waals surface area contributed by atoms with E-state index in [4.69, 9.17) is 0 Å². The van der Waals surface area contributed by atoms with Crippen LogP contribution < -0.4 is 14.3 Å². The summed E-state index contributed by atoms with van der Waals surface area (Å²) < 4.78 is 41.7. The van der Waals surface area contributed by atoms with Crippen molar-refractivity contribution in [2.75, 3.05) is 24.0 Å². The quantitative estimate of drug-likeness (QED) is 0.539. The molecule has 0 spiro atoms. The van der Waals surface area contributed by atoms with Crippen LogP contribution in [0.4, 0.5) is 10.1 Å². The summed E-state index contributed by atoms with van der Waals surface area (Å²) in [4.78, 5) is 11.5. The van der Waals surface area contributed by atoms with Crippen LogP contribution in [0.15, 0.2) is 6.07 Å². The summed E-state index contributed by atoms with van der Waals surface area (Å²) in [6.07, 6.45) is 2.41. The molecule has 1 aromatic rings. The van der Waals surface area contributed by atoms with E-state index in [0.717, 1.165) is 12.8 Å². The van der Waals surface area contributed by atoms with E-state index in [-0.39, 0.29) is 18.1 Å². The van der Waals surface area contributed by atoms with Crippen LogP contribution in [-0.2, 0) is 27.8 Å². The zero-order valence-corrected chi connectivity index (χ0v) is 16.8. The molecule has 0 radical (unpaired) electrons. The molecule has 1 fully saturated rings. The van der Waals surface area contributed by atoms with Crippen LogP contribution in [0.25, 0.3) is 0 Å². The molecule has 8 nitrogen and oxygen atoms in total. The van der Waals surface area contributed by atoms with Crippen LogP contribution >= 0.6 is 0 Å². The van der Waals surface area contributed by atoms with E-state index in [1.807, 2.05) is 13.8 Å². The molecule has 10 heteroatoms. The van der Waals surface area contributed by atoms with Gasteiger partial charge in [-0.15, -0.1) is 0 Å². The van der Waals surface area contributed by atoms with Crippen LogP contribution in [0.3, 0.4) is 0 Å². The highest BCUT2D eigenvalue weighted by Gasteiger charge is 2.39. The molecule has 0 aromatic heterocycles. The number of nitrogens with zero attached hydrogens (tertiary/aromatic N) is 1. The third-order valence-corrected chi connectivity index (χ3v) is 6.74. The van der Waals surface area contributed by atoms with Crippen molar-refractivity contribution in [1.29, 1.82) is 0 Å². The number of fused-ring (bicyclic) bond motifs is 1. The van der Waals surface area contributed by atoms with Crippen molar-refractivity contribution in [2.45, 2.75) is 45.6 Å². The van der Waals surface area contributed by atoms with Crippen molar-refractivity contribution in [3.63, 3.8) is 0 Å². The number of rotatable bonds is 6. The lowest BCUT2D eigenvalue weighted by atomic mass is 9.86. The number of halogens is 1. The summed E-state index contributed by atoms with van der Waals surface area (Å²) in [5, 5.41) is 22.9. The Kier molecular flexibility index (Phi) is 5.57. The van der Waals surface area contributed by atoms with Gasteiger partial charge in [-0.1, -0.05) is 13.8 Å². The van der Waals surface area contributed by atoms with E-state index < -0.39 is 39.9 Å². The Morgan fingerprint density at radius 3 is 2.75 bits per heavy atom. The average Bonchev–Trinajstić information content (AvgIpc) is 2.87. The fourth-order valence-electron chi connectivity index (χ4n) is 3.59. The summed E-state index contributed by atoms with van der Waals surface area (Å²) in [6, 6.07) is 1.39. The van der Waals surface area contributed by atoms with Gasteiger partial charge in [0.2, 0.25) is 0 Å². The summed E-state index contributed by atoms with van der Waals surface area (Å²) >= 11 is 0. The van der Waals surface area contributed by atoms with Gasteiger partial charge >= 0.3 is 10.2 Å². The SMILES string of the molecule is CC(C)(CO)CCN[C@@H]1CCc2cc(O)c(N3CC(=O)NS3(=O)=O)c(F)c2C1. The third-order valence-electron chi connectivity index (χ3n) is 5.36. The van der Waals surface area contributed by atoms with Gasteiger partial charge in [-0.3, -0.25) is 4.79 Å². The molecular weight excluding hydrogens is 389 g/mol. The first-order valence-corrected chi connectivity index (χ1v) is 10.7. The van der Waals surface area contributed by atoms with Gasteiger partial charge in [0.05, 0.1) is 0 Å². The van der Waals surface area contributed by atoms with Gasteiger partial charge in [0, 0.05) is 12.6 Å². The summed E-state index contributed by atoms with van der Waals surface area (Å²) in [7, 11) is -4.21. The molecule has 0 saturated carbocycles. The first kappa shape index (κ1) is 20.8. The van der Waals surface area contributed by atoms with E-state index >= 15 is 4.39 Å². The zero-order valence-electron chi connectivity index (χ0n) is 16.0. The van der Waals surface area contributed by atoms with Crippen molar-refractivity contribution in [1.82, 2.24) is 10.0 Å². The monoisotopic (exact) mass is 415 g/mol. The molecular formula is C18H26FN3O5S. The van der Waals surface area contributed by atoms with Crippen molar-refractivity contribution in [3.8, 4) is 5.75 Å². The number of phenolic OH excluding ortho intramolecular Hbond substituents is 1. The number of amides is 1. The Hall–Kier alpha value is -1.91. The summed E-state index contributed by atoms with van der Waals surface area (Å²) in [5.41, 5.74) is 0.308. The number of aryl methyl sites for hydroxylation is 1. The van der Waals surface area contributed by atoms with E-state index in [9.17, 15) is 23.4 Å². The lowest BCUT2D eigenvalue weighted by molar-refractivity contribution is -0.117. The smallest absolute Gasteiger partial charge is 0.326 e. The highest BCUT2D eigenvalue weighted by molar-refractivity contribution is 7.92. The Morgan fingerprint density at radius 2 is 2.14 bits per heavy atom. The van der Waals surface area contributed by atoms with Gasteiger partial charge in [0.25, 0.3) is 5.91 Å². The van der Waals surface area contributed by atoms with Crippen LogP contribution in [-0.4, -0.2) is 50.3 Å². The van der Waals surface area contributed by atoms with Crippen molar-refractivity contribution >= 4 is 21.8 Å². The highest BCUT2D eigenvalue weighted by Crippen LogP contribution is 2.39. The van der Waals surface area contributed by atoms with Crippen LogP contribution in [0, 0.1) is 11.2 Å². The molecule has 4 N–H and O–H groups in total. The maximum Gasteiger partial charge on any atom is 0.326 e. The van der Waals surface area contributed by atoms with Gasteiger partial charge in [-0.25, -0.2) is 13.4 Å². The highest BCUT2D eigenvalue weighted by atomic mass is 32.2. The Bertz CT molecular complexity index is 888. The number of carbonyl (C=O) groups is 1. The van der Waals surface area contributed by atoms with E-state index in [0.29, 0.717) is 34.8 Å². The van der Waals surface area contributed by atoms with Crippen molar-refractivity contribution in [2.24, 2.45) is 5.41 Å². The third kappa shape index (κ3) is 4.08. The molecule has 1 amide bonds. The number of benzene rings is 1. The van der Waals surface area contributed by atoms with Crippen molar-refractivity contribution < 1.29 is 27.8 Å². The molecule has 156 valence electrons. The first-order chi connectivity index (χ1) is 13.0. The number of carbonyl (C=O) groups excluding carboxylic acids is 1. The number of aliphatic hydroxyl groups excluding tert-OH is 1. The number of aliphatic hydroxyl groups is 1. The fourth-order valence-corrected chi connectivity index (χ4v) is 4.75. The Labute approximate surface area is 163 Å². The minimum absolute atomic E-state index is 0.00354. The number of aromatic hydroxyl groups is 1. The van der Waals surface area contributed by atoms with Crippen molar-refractivity contribution in [3.05, 3.63) is 23.0 Å². The lowest BCUT2D eigenvalue weighted by Crippen LogP contribution is -2.38. The molecule has 0 bridgehead atoms. The number of nitrogens with one attached hydrogen (secondary N) is 2. The molecule has 3 rings (SSSR count). The topological polar surface area (TPSA) is 119 Å². The molecule has 1 heterocycles. The van der Waals surface area contributed by atoms with E-state index in [2.05, 4.69) is 5.32 Å². The number of hydrogen-bond acceptors (Lipinski definition) is 6. The van der Waals surface area contributed by atoms with E-state index in [1.165, 1.54) is 6.07 Å². The average molecular weight is 415 g/mol. The largest absolute Gasteiger partial charge is 0.506 e. The minimum atomic E-state index is -4.21. The maximum absolute atomic E-state index is 15.2. The van der Waals surface area contributed by atoms with Gasteiger partial charge < -0.3 is 15.5 Å². The second-order valence-corrected chi connectivity index (χ2v) is 9.79. The summed E-state index contributed by atoms with van der Waals surface area (Å²) in [5.74, 6) is -2.08. The maximum atomic E-state index is 15.2. The van der Waals surface area contributed by atoms with E-state index in [1.54, 1.807) is 4.72 Å². The predicted octanol–water partition coefficient (Wildman–Crippen LogP) is 0.568. The summed E-state index contributed by atoms with van der Waals surface area (Å²) in [6.45, 7) is 4.11. The predicted molar refractivity (Wildman–Crippen MR) is 102 cm³/mol. The number of hydrogen-bond donors (Lipinski definition) is 4. The number of anilines is 1. The molecule has 1 atom stereocenters. The number of phenols is 1. The molecule has 1 aromatic carbocycles. The second kappa shape index (κ2) is 7.49. The van der Waals surface area contributed by atoms with Gasteiger partial charge in [-0.05, 0) is 54.8 Å². The van der Waals surface area contributed by atoms with Crippen LogP contribution in [0.2, 0.25) is 0 Å². The minimum Gasteiger partial charge on any atom is -0.506 e. The fraction of sp³-hybridized carbons (Fsp3) is 0.611. The molecule has 0 unspecified atom stereocenters. The van der Waals surface area contributed by atoms with Gasteiger partial charge in [0.1, 0.15) is 18.0 Å². The lowest BCUT2D eigenvalue weighted by Gasteiger charge is -2.29. The Balaban J connectivity index is 1.81. The zero-order chi connectivity index (χ0) is 20.7. The van der Waals surface area contributed by atoms with Gasteiger partial charge in [-0.2, -0.15) is 8.42 Å². The Morgan fingerprint density at radius 1 is 1.43 bits per heavy atom. The molecule has 28 heavy (non-hydrogen) atoms. The molecule has 1 aliphatic heterocycles. The molecule has 2 aliphatic rings. The second-order valence-electron chi connectivity index (χ2n) is 8.20. The van der Waals surface area contributed by atoms with Crippen LogP contribution in [0.5, 0.6) is 5.75 Å². The molecule has 1 saturated heterocycles. The first-order valence-electron chi connectivity index (χ1n) is 9.25. The normalized spacial score (nSPS) is 21.5.